The van der Waals surface area contributed by atoms with E-state index < -0.39 is 0 Å². The van der Waals surface area contributed by atoms with Gasteiger partial charge in [-0.3, -0.25) is 0 Å². The summed E-state index contributed by atoms with van der Waals surface area (Å²) in [4.78, 5) is 0. The van der Waals surface area contributed by atoms with Crippen LogP contribution < -0.4 is 10.6 Å². The van der Waals surface area contributed by atoms with Gasteiger partial charge in [0.1, 0.15) is 0 Å². The normalized spacial score (nSPS) is 34.0. The van der Waals surface area contributed by atoms with Gasteiger partial charge in [0.2, 0.25) is 0 Å². The van der Waals surface area contributed by atoms with E-state index >= 15 is 0 Å². The van der Waals surface area contributed by atoms with Gasteiger partial charge in [0, 0.05) is 25.6 Å². The standard InChI is InChI=1S/C6H10N2/c1-5-2-8-4-6(5)3-7-1/h1,6-8H,2-4H2/t6-/m1/s1. The second-order valence-corrected chi connectivity index (χ2v) is 2.46. The molecule has 1 fully saturated rings. The van der Waals surface area contributed by atoms with Crippen LogP contribution in [0.4, 0.5) is 0 Å². The number of rotatable bonds is 0. The molecule has 0 bridgehead atoms. The van der Waals surface area contributed by atoms with Crippen molar-refractivity contribution in [3.05, 3.63) is 11.8 Å². The molecule has 2 N–H and O–H groups in total. The van der Waals surface area contributed by atoms with Crippen molar-refractivity contribution in [3.8, 4) is 0 Å². The summed E-state index contributed by atoms with van der Waals surface area (Å²) < 4.78 is 0. The number of nitrogens with one attached hydrogen (secondary N) is 2. The van der Waals surface area contributed by atoms with Crippen LogP contribution in [0, 0.1) is 5.92 Å². The van der Waals surface area contributed by atoms with Gasteiger partial charge in [-0.05, 0) is 11.8 Å². The molecule has 2 aliphatic heterocycles. The Hall–Kier alpha value is -0.500. The Morgan fingerprint density at radius 3 is 3.38 bits per heavy atom. The highest BCUT2D eigenvalue weighted by molar-refractivity contribution is 5.18. The molecule has 2 nitrogen and oxygen atoms in total. The molecule has 0 aliphatic carbocycles. The Bertz CT molecular complexity index is 128. The maximum absolute atomic E-state index is 3.32. The second-order valence-electron chi connectivity index (χ2n) is 2.46. The molecule has 1 saturated heterocycles. The highest BCUT2D eigenvalue weighted by Gasteiger charge is 2.22. The largest absolute Gasteiger partial charge is 0.390 e. The van der Waals surface area contributed by atoms with Gasteiger partial charge in [0.25, 0.3) is 0 Å². The van der Waals surface area contributed by atoms with E-state index in [1.807, 2.05) is 0 Å². The van der Waals surface area contributed by atoms with Gasteiger partial charge >= 0.3 is 0 Å². The van der Waals surface area contributed by atoms with Gasteiger partial charge in [0.15, 0.2) is 0 Å². The van der Waals surface area contributed by atoms with E-state index in [1.54, 1.807) is 5.57 Å². The monoisotopic (exact) mass is 110 g/mol. The lowest BCUT2D eigenvalue weighted by molar-refractivity contribution is 0.652. The highest BCUT2D eigenvalue weighted by Crippen LogP contribution is 2.17. The van der Waals surface area contributed by atoms with Crippen molar-refractivity contribution in [2.24, 2.45) is 5.92 Å². The predicted molar refractivity (Wildman–Crippen MR) is 32.4 cm³/mol. The zero-order valence-corrected chi connectivity index (χ0v) is 4.78. The maximum atomic E-state index is 3.32. The Morgan fingerprint density at radius 1 is 1.50 bits per heavy atom. The molecule has 1 atom stereocenters. The quantitative estimate of drug-likeness (QED) is 0.447. The van der Waals surface area contributed by atoms with Crippen molar-refractivity contribution in [2.45, 2.75) is 0 Å². The summed E-state index contributed by atoms with van der Waals surface area (Å²) in [6.45, 7) is 3.44. The van der Waals surface area contributed by atoms with Crippen LogP contribution in [0.15, 0.2) is 11.8 Å². The summed E-state index contributed by atoms with van der Waals surface area (Å²) in [5, 5.41) is 6.54. The molecule has 0 aromatic rings. The molecule has 2 heteroatoms. The molecule has 0 radical (unpaired) electrons. The highest BCUT2D eigenvalue weighted by atomic mass is 15.0. The smallest absolute Gasteiger partial charge is 0.0220 e. The van der Waals surface area contributed by atoms with Crippen LogP contribution in [-0.4, -0.2) is 19.6 Å². The first-order valence-corrected chi connectivity index (χ1v) is 3.10. The summed E-state index contributed by atoms with van der Waals surface area (Å²) in [5.74, 6) is 0.815. The predicted octanol–water partition coefficient (Wildman–Crippen LogP) is -0.307. The van der Waals surface area contributed by atoms with Crippen molar-refractivity contribution in [3.63, 3.8) is 0 Å². The maximum Gasteiger partial charge on any atom is 0.0220 e. The Kier molecular flexibility index (Phi) is 0.815. The van der Waals surface area contributed by atoms with E-state index in [9.17, 15) is 0 Å². The number of fused-ring (bicyclic) bond motifs is 1. The molecule has 2 rings (SSSR count). The molecule has 0 unspecified atom stereocenters. The van der Waals surface area contributed by atoms with Gasteiger partial charge in [-0.25, -0.2) is 0 Å². The summed E-state index contributed by atoms with van der Waals surface area (Å²) in [6.07, 6.45) is 2.14. The van der Waals surface area contributed by atoms with Crippen molar-refractivity contribution in [2.75, 3.05) is 19.6 Å². The topological polar surface area (TPSA) is 24.1 Å². The van der Waals surface area contributed by atoms with Crippen LogP contribution in [0.5, 0.6) is 0 Å². The lowest BCUT2D eigenvalue weighted by Crippen LogP contribution is -2.16. The number of hydrogen-bond donors (Lipinski definition) is 2. The fourth-order valence-corrected chi connectivity index (χ4v) is 1.37. The van der Waals surface area contributed by atoms with Gasteiger partial charge in [-0.15, -0.1) is 0 Å². The zero-order chi connectivity index (χ0) is 5.40. The first kappa shape index (κ1) is 4.39. The van der Waals surface area contributed by atoms with E-state index in [0.29, 0.717) is 0 Å². The van der Waals surface area contributed by atoms with Crippen LogP contribution in [-0.2, 0) is 0 Å². The third-order valence-corrected chi connectivity index (χ3v) is 1.90. The second kappa shape index (κ2) is 1.49. The lowest BCUT2D eigenvalue weighted by Gasteiger charge is -1.97. The summed E-state index contributed by atoms with van der Waals surface area (Å²) in [5.41, 5.74) is 1.56. The molecule has 0 aromatic heterocycles. The van der Waals surface area contributed by atoms with Crippen LogP contribution in [0.3, 0.4) is 0 Å². The fraction of sp³-hybridized carbons (Fsp3) is 0.667. The van der Waals surface area contributed by atoms with Gasteiger partial charge < -0.3 is 10.6 Å². The summed E-state index contributed by atoms with van der Waals surface area (Å²) in [6, 6.07) is 0. The van der Waals surface area contributed by atoms with E-state index in [-0.39, 0.29) is 0 Å². The molecule has 0 saturated carbocycles. The molecule has 0 aromatic carbocycles. The minimum atomic E-state index is 0.815. The van der Waals surface area contributed by atoms with Crippen LogP contribution in [0.1, 0.15) is 0 Å². The first-order valence-electron chi connectivity index (χ1n) is 3.10. The molecule has 2 aliphatic rings. The van der Waals surface area contributed by atoms with Crippen LogP contribution >= 0.6 is 0 Å². The van der Waals surface area contributed by atoms with Gasteiger partial charge in [-0.2, -0.15) is 0 Å². The summed E-state index contributed by atoms with van der Waals surface area (Å²) >= 11 is 0. The molecule has 0 amide bonds. The van der Waals surface area contributed by atoms with E-state index in [1.165, 1.54) is 6.54 Å². The Balaban J connectivity index is 2.20. The molecular formula is C6H10N2. The van der Waals surface area contributed by atoms with Gasteiger partial charge in [-0.1, -0.05) is 0 Å². The van der Waals surface area contributed by atoms with E-state index in [4.69, 9.17) is 0 Å². The molecular weight excluding hydrogens is 100 g/mol. The Morgan fingerprint density at radius 2 is 2.50 bits per heavy atom. The minimum absolute atomic E-state index is 0.815. The zero-order valence-electron chi connectivity index (χ0n) is 4.78. The molecule has 8 heavy (non-hydrogen) atoms. The molecule has 0 spiro atoms. The number of hydrogen-bond acceptors (Lipinski definition) is 2. The average molecular weight is 110 g/mol. The lowest BCUT2D eigenvalue weighted by atomic mass is 10.1. The molecule has 2 heterocycles. The Labute approximate surface area is 49.0 Å². The minimum Gasteiger partial charge on any atom is -0.390 e. The first-order chi connectivity index (χ1) is 3.97. The van der Waals surface area contributed by atoms with Crippen molar-refractivity contribution >= 4 is 0 Å². The van der Waals surface area contributed by atoms with Crippen LogP contribution in [0.2, 0.25) is 0 Å². The van der Waals surface area contributed by atoms with Crippen LogP contribution in [0.25, 0.3) is 0 Å². The van der Waals surface area contributed by atoms with E-state index in [2.05, 4.69) is 16.8 Å². The fourth-order valence-electron chi connectivity index (χ4n) is 1.37. The summed E-state index contributed by atoms with van der Waals surface area (Å²) in [7, 11) is 0. The average Bonchev–Trinajstić information content (AvgIpc) is 2.15. The van der Waals surface area contributed by atoms with Crippen molar-refractivity contribution in [1.29, 1.82) is 0 Å². The third kappa shape index (κ3) is 0.464. The van der Waals surface area contributed by atoms with E-state index in [0.717, 1.165) is 19.0 Å². The van der Waals surface area contributed by atoms with Crippen molar-refractivity contribution < 1.29 is 0 Å². The third-order valence-electron chi connectivity index (χ3n) is 1.90. The molecule has 44 valence electrons. The van der Waals surface area contributed by atoms with Gasteiger partial charge in [0.05, 0.1) is 0 Å². The SMILES string of the molecule is C1=C2CNC[C@H]2CN1. The van der Waals surface area contributed by atoms with Crippen molar-refractivity contribution in [1.82, 2.24) is 10.6 Å².